The zero-order valence-corrected chi connectivity index (χ0v) is 18.6. The van der Waals surface area contributed by atoms with Gasteiger partial charge >= 0.3 is 0 Å². The molecule has 3 aromatic carbocycles. The van der Waals surface area contributed by atoms with Crippen molar-refractivity contribution in [2.45, 2.75) is 11.8 Å². The number of sulfonamides is 1. The SMILES string of the molecule is CC(=O)N(c1ccccc1)c1cc(-c2ccc(Cl)cc2)n(-c2ccc(S(N)(=O)=O)cc2)n1. The largest absolute Gasteiger partial charge is 0.274 e. The van der Waals surface area contributed by atoms with E-state index in [1.807, 2.05) is 42.5 Å². The first kappa shape index (κ1) is 21.8. The molecule has 1 aromatic heterocycles. The van der Waals surface area contributed by atoms with Crippen LogP contribution < -0.4 is 10.0 Å². The molecule has 0 spiro atoms. The molecule has 0 saturated carbocycles. The molecule has 4 rings (SSSR count). The summed E-state index contributed by atoms with van der Waals surface area (Å²) in [7, 11) is -3.82. The monoisotopic (exact) mass is 466 g/mol. The summed E-state index contributed by atoms with van der Waals surface area (Å²) in [6, 6.07) is 24.3. The Bertz CT molecular complexity index is 1370. The number of amides is 1. The van der Waals surface area contributed by atoms with Crippen LogP contribution in [0.3, 0.4) is 0 Å². The minimum absolute atomic E-state index is 0.00341. The second kappa shape index (κ2) is 8.58. The molecule has 0 aliphatic carbocycles. The highest BCUT2D eigenvalue weighted by molar-refractivity contribution is 7.89. The summed E-state index contributed by atoms with van der Waals surface area (Å²) in [5.74, 6) is 0.220. The number of hydrogen-bond donors (Lipinski definition) is 1. The number of rotatable bonds is 5. The van der Waals surface area contributed by atoms with E-state index in [0.717, 1.165) is 5.56 Å². The van der Waals surface area contributed by atoms with Crippen molar-refractivity contribution >= 4 is 39.0 Å². The third kappa shape index (κ3) is 4.43. The molecule has 0 radical (unpaired) electrons. The standard InChI is InChI=1S/C23H19ClN4O3S/c1-16(29)27(19-5-3-2-4-6-19)23-15-22(17-7-9-18(24)10-8-17)28(26-23)20-11-13-21(14-12-20)32(25,30)31/h2-15H,1H3,(H2,25,30,31). The van der Waals surface area contributed by atoms with E-state index < -0.39 is 10.0 Å². The zero-order valence-electron chi connectivity index (χ0n) is 17.0. The first-order chi connectivity index (χ1) is 15.2. The maximum atomic E-state index is 12.5. The van der Waals surface area contributed by atoms with Gasteiger partial charge in [-0.2, -0.15) is 0 Å². The van der Waals surface area contributed by atoms with E-state index in [1.54, 1.807) is 35.0 Å². The summed E-state index contributed by atoms with van der Waals surface area (Å²) in [4.78, 5) is 14.0. The summed E-state index contributed by atoms with van der Waals surface area (Å²) in [5.41, 5.74) is 2.80. The molecule has 9 heteroatoms. The highest BCUT2D eigenvalue weighted by Crippen LogP contribution is 2.32. The summed E-state index contributed by atoms with van der Waals surface area (Å²) in [5, 5.41) is 10.5. The third-order valence-electron chi connectivity index (χ3n) is 4.80. The van der Waals surface area contributed by atoms with Crippen LogP contribution in [0.1, 0.15) is 6.92 Å². The molecule has 0 fully saturated rings. The smallest absolute Gasteiger partial charge is 0.238 e. The number of para-hydroxylation sites is 1. The predicted octanol–water partition coefficient (Wildman–Crippen LogP) is 4.52. The van der Waals surface area contributed by atoms with E-state index in [2.05, 4.69) is 5.10 Å². The molecule has 4 aromatic rings. The molecule has 162 valence electrons. The minimum Gasteiger partial charge on any atom is -0.274 e. The van der Waals surface area contributed by atoms with Crippen molar-refractivity contribution in [1.82, 2.24) is 9.78 Å². The van der Waals surface area contributed by atoms with Gasteiger partial charge in [0.1, 0.15) is 0 Å². The van der Waals surface area contributed by atoms with Gasteiger partial charge in [0.25, 0.3) is 0 Å². The number of benzene rings is 3. The van der Waals surface area contributed by atoms with Gasteiger partial charge in [-0.15, -0.1) is 5.10 Å². The van der Waals surface area contributed by atoms with Crippen LogP contribution in [0.15, 0.2) is 89.8 Å². The average molecular weight is 467 g/mol. The number of halogens is 1. The number of aromatic nitrogens is 2. The molecule has 0 unspecified atom stereocenters. The molecule has 0 aliphatic rings. The Hall–Kier alpha value is -3.46. The van der Waals surface area contributed by atoms with E-state index in [-0.39, 0.29) is 10.8 Å². The lowest BCUT2D eigenvalue weighted by atomic mass is 10.1. The van der Waals surface area contributed by atoms with Crippen LogP contribution in [0.4, 0.5) is 11.5 Å². The Morgan fingerprint density at radius 3 is 2.16 bits per heavy atom. The lowest BCUT2D eigenvalue weighted by Gasteiger charge is -2.18. The van der Waals surface area contributed by atoms with Gasteiger partial charge in [-0.25, -0.2) is 18.2 Å². The lowest BCUT2D eigenvalue weighted by molar-refractivity contribution is -0.115. The summed E-state index contributed by atoms with van der Waals surface area (Å²) >= 11 is 6.05. The fourth-order valence-electron chi connectivity index (χ4n) is 3.33. The van der Waals surface area contributed by atoms with Crippen molar-refractivity contribution in [1.29, 1.82) is 0 Å². The van der Waals surface area contributed by atoms with Crippen LogP contribution in [0.2, 0.25) is 5.02 Å². The fourth-order valence-corrected chi connectivity index (χ4v) is 3.97. The maximum absolute atomic E-state index is 12.5. The Kier molecular flexibility index (Phi) is 5.84. The van der Waals surface area contributed by atoms with Crippen LogP contribution >= 0.6 is 11.6 Å². The van der Waals surface area contributed by atoms with Crippen LogP contribution in [0.5, 0.6) is 0 Å². The van der Waals surface area contributed by atoms with Gasteiger partial charge in [0, 0.05) is 23.6 Å². The zero-order chi connectivity index (χ0) is 22.9. The second-order valence-corrected chi connectivity index (χ2v) is 9.03. The second-order valence-electron chi connectivity index (χ2n) is 7.04. The van der Waals surface area contributed by atoms with E-state index in [9.17, 15) is 13.2 Å². The first-order valence-electron chi connectivity index (χ1n) is 9.59. The summed E-state index contributed by atoms with van der Waals surface area (Å²) in [6.45, 7) is 1.47. The lowest BCUT2D eigenvalue weighted by Crippen LogP contribution is -2.23. The number of primary sulfonamides is 1. The number of carbonyl (C=O) groups excluding carboxylic acids is 1. The Morgan fingerprint density at radius 1 is 0.969 bits per heavy atom. The number of anilines is 2. The topological polar surface area (TPSA) is 98.3 Å². The molecular formula is C23H19ClN4O3S. The van der Waals surface area contributed by atoms with E-state index >= 15 is 0 Å². The molecule has 0 aliphatic heterocycles. The molecule has 1 amide bonds. The molecule has 0 bridgehead atoms. The van der Waals surface area contributed by atoms with Crippen LogP contribution in [0, 0.1) is 0 Å². The molecule has 1 heterocycles. The van der Waals surface area contributed by atoms with Crippen LogP contribution in [-0.4, -0.2) is 24.1 Å². The van der Waals surface area contributed by atoms with Crippen molar-refractivity contribution in [3.63, 3.8) is 0 Å². The van der Waals surface area contributed by atoms with Crippen molar-refractivity contribution in [3.8, 4) is 16.9 Å². The number of nitrogens with zero attached hydrogens (tertiary/aromatic N) is 3. The van der Waals surface area contributed by atoms with Crippen molar-refractivity contribution in [3.05, 3.63) is 90.0 Å². The molecule has 0 atom stereocenters. The Morgan fingerprint density at radius 2 is 1.59 bits per heavy atom. The van der Waals surface area contributed by atoms with Gasteiger partial charge in [0.15, 0.2) is 5.82 Å². The summed E-state index contributed by atoms with van der Waals surface area (Å²) < 4.78 is 24.9. The van der Waals surface area contributed by atoms with E-state index in [1.165, 1.54) is 24.0 Å². The van der Waals surface area contributed by atoms with Crippen molar-refractivity contribution in [2.24, 2.45) is 5.14 Å². The van der Waals surface area contributed by atoms with Crippen LogP contribution in [-0.2, 0) is 14.8 Å². The van der Waals surface area contributed by atoms with Gasteiger partial charge in [-0.1, -0.05) is 41.9 Å². The van der Waals surface area contributed by atoms with Crippen molar-refractivity contribution < 1.29 is 13.2 Å². The number of carbonyl (C=O) groups is 1. The highest BCUT2D eigenvalue weighted by Gasteiger charge is 2.21. The Labute approximate surface area is 190 Å². The van der Waals surface area contributed by atoms with Gasteiger partial charge in [-0.3, -0.25) is 9.69 Å². The first-order valence-corrected chi connectivity index (χ1v) is 11.5. The van der Waals surface area contributed by atoms with Crippen molar-refractivity contribution in [2.75, 3.05) is 4.90 Å². The van der Waals surface area contributed by atoms with E-state index in [4.69, 9.17) is 16.7 Å². The van der Waals surface area contributed by atoms with E-state index in [0.29, 0.717) is 27.9 Å². The molecule has 32 heavy (non-hydrogen) atoms. The number of nitrogens with two attached hydrogens (primary N) is 1. The minimum atomic E-state index is -3.82. The molecular weight excluding hydrogens is 448 g/mol. The molecule has 7 nitrogen and oxygen atoms in total. The molecule has 2 N–H and O–H groups in total. The highest BCUT2D eigenvalue weighted by atomic mass is 35.5. The number of hydrogen-bond acceptors (Lipinski definition) is 4. The van der Waals surface area contributed by atoms with Gasteiger partial charge in [0.05, 0.1) is 22.0 Å². The third-order valence-corrected chi connectivity index (χ3v) is 5.99. The fraction of sp³-hybridized carbons (Fsp3) is 0.0435. The Balaban J connectivity index is 1.89. The maximum Gasteiger partial charge on any atom is 0.238 e. The van der Waals surface area contributed by atoms with Gasteiger partial charge in [-0.05, 0) is 48.5 Å². The van der Waals surface area contributed by atoms with Crippen LogP contribution in [0.25, 0.3) is 16.9 Å². The predicted molar refractivity (Wildman–Crippen MR) is 125 cm³/mol. The average Bonchev–Trinajstić information content (AvgIpc) is 3.19. The quantitative estimate of drug-likeness (QED) is 0.467. The van der Waals surface area contributed by atoms with Gasteiger partial charge in [0.2, 0.25) is 15.9 Å². The summed E-state index contributed by atoms with van der Waals surface area (Å²) in [6.07, 6.45) is 0. The molecule has 0 saturated heterocycles. The normalized spacial score (nSPS) is 11.3. The van der Waals surface area contributed by atoms with Gasteiger partial charge < -0.3 is 0 Å².